The van der Waals surface area contributed by atoms with Gasteiger partial charge in [0.15, 0.2) is 11.6 Å². The smallest absolute Gasteiger partial charge is 0.318 e. The molecule has 1 heterocycles. The molecular formula is C12H12FN3O. The van der Waals surface area contributed by atoms with E-state index in [0.717, 1.165) is 11.8 Å². The lowest BCUT2D eigenvalue weighted by atomic mass is 10.2. The minimum atomic E-state index is -0.500. The summed E-state index contributed by atoms with van der Waals surface area (Å²) in [4.78, 5) is 7.64. The molecule has 1 N–H and O–H groups in total. The summed E-state index contributed by atoms with van der Waals surface area (Å²) < 4.78 is 18.5. The molecule has 4 nitrogen and oxygen atoms in total. The van der Waals surface area contributed by atoms with Crippen LogP contribution in [-0.4, -0.2) is 17.0 Å². The van der Waals surface area contributed by atoms with Gasteiger partial charge in [-0.3, -0.25) is 0 Å². The minimum absolute atomic E-state index is 0.128. The van der Waals surface area contributed by atoms with E-state index < -0.39 is 5.82 Å². The SMILES string of the molecule is CNc1nc(OCc2ccccc2)ncc1F. The minimum Gasteiger partial charge on any atom is -0.459 e. The zero-order valence-electron chi connectivity index (χ0n) is 9.35. The van der Waals surface area contributed by atoms with Crippen molar-refractivity contribution in [3.8, 4) is 6.01 Å². The summed E-state index contributed by atoms with van der Waals surface area (Å²) in [5.41, 5.74) is 1.01. The number of halogens is 1. The summed E-state index contributed by atoms with van der Waals surface area (Å²) in [6.45, 7) is 0.357. The van der Waals surface area contributed by atoms with E-state index in [2.05, 4.69) is 15.3 Å². The first-order valence-corrected chi connectivity index (χ1v) is 5.16. The van der Waals surface area contributed by atoms with Gasteiger partial charge in [-0.05, 0) is 5.56 Å². The lowest BCUT2D eigenvalue weighted by Crippen LogP contribution is -2.03. The summed E-state index contributed by atoms with van der Waals surface area (Å²) in [6, 6.07) is 9.79. The molecule has 0 aliphatic carbocycles. The van der Waals surface area contributed by atoms with Crippen molar-refractivity contribution in [3.05, 3.63) is 47.9 Å². The van der Waals surface area contributed by atoms with E-state index in [0.29, 0.717) is 6.61 Å². The summed E-state index contributed by atoms with van der Waals surface area (Å²) in [5, 5.41) is 2.63. The van der Waals surface area contributed by atoms with Gasteiger partial charge >= 0.3 is 6.01 Å². The van der Waals surface area contributed by atoms with Crippen molar-refractivity contribution < 1.29 is 9.13 Å². The molecule has 0 fully saturated rings. The Kier molecular flexibility index (Phi) is 3.49. The normalized spacial score (nSPS) is 10.0. The molecule has 0 saturated carbocycles. The topological polar surface area (TPSA) is 47.0 Å². The predicted octanol–water partition coefficient (Wildman–Crippen LogP) is 2.24. The van der Waals surface area contributed by atoms with Crippen LogP contribution in [0.5, 0.6) is 6.01 Å². The van der Waals surface area contributed by atoms with Crippen LogP contribution in [0.2, 0.25) is 0 Å². The van der Waals surface area contributed by atoms with Crippen molar-refractivity contribution in [2.45, 2.75) is 6.61 Å². The fourth-order valence-electron chi connectivity index (χ4n) is 1.32. The van der Waals surface area contributed by atoms with Crippen molar-refractivity contribution in [3.63, 3.8) is 0 Å². The number of rotatable bonds is 4. The zero-order valence-corrected chi connectivity index (χ0v) is 9.35. The van der Waals surface area contributed by atoms with E-state index in [1.54, 1.807) is 7.05 Å². The van der Waals surface area contributed by atoms with Gasteiger partial charge in [0.05, 0.1) is 6.20 Å². The maximum absolute atomic E-state index is 13.1. The van der Waals surface area contributed by atoms with Gasteiger partial charge in [0.1, 0.15) is 6.61 Å². The molecular weight excluding hydrogens is 221 g/mol. The van der Waals surface area contributed by atoms with E-state index in [1.807, 2.05) is 30.3 Å². The Balaban J connectivity index is 2.04. The second-order valence-electron chi connectivity index (χ2n) is 3.37. The fraction of sp³-hybridized carbons (Fsp3) is 0.167. The van der Waals surface area contributed by atoms with E-state index in [9.17, 15) is 4.39 Å². The van der Waals surface area contributed by atoms with E-state index in [4.69, 9.17) is 4.74 Å². The number of nitrogens with one attached hydrogen (secondary N) is 1. The molecule has 0 amide bonds. The highest BCUT2D eigenvalue weighted by Crippen LogP contribution is 2.13. The first-order valence-electron chi connectivity index (χ1n) is 5.16. The van der Waals surface area contributed by atoms with Crippen molar-refractivity contribution in [1.29, 1.82) is 0 Å². The van der Waals surface area contributed by atoms with E-state index >= 15 is 0 Å². The maximum Gasteiger partial charge on any atom is 0.318 e. The number of benzene rings is 1. The third kappa shape index (κ3) is 2.90. The number of hydrogen-bond acceptors (Lipinski definition) is 4. The van der Waals surface area contributed by atoms with Crippen LogP contribution in [-0.2, 0) is 6.61 Å². The molecule has 0 radical (unpaired) electrons. The molecule has 1 aromatic heterocycles. The fourth-order valence-corrected chi connectivity index (χ4v) is 1.32. The van der Waals surface area contributed by atoms with E-state index in [1.165, 1.54) is 0 Å². The number of nitrogens with zero attached hydrogens (tertiary/aromatic N) is 2. The van der Waals surface area contributed by atoms with Crippen molar-refractivity contribution in [1.82, 2.24) is 9.97 Å². The van der Waals surface area contributed by atoms with Crippen LogP contribution in [0.25, 0.3) is 0 Å². The van der Waals surface area contributed by atoms with Crippen LogP contribution >= 0.6 is 0 Å². The van der Waals surface area contributed by atoms with Gasteiger partial charge in [0.25, 0.3) is 0 Å². The Hall–Kier alpha value is -2.17. The first kappa shape index (κ1) is 11.3. The second kappa shape index (κ2) is 5.25. The summed E-state index contributed by atoms with van der Waals surface area (Å²) >= 11 is 0. The molecule has 0 atom stereocenters. The summed E-state index contributed by atoms with van der Waals surface area (Å²) in [6.07, 6.45) is 1.08. The van der Waals surface area contributed by atoms with Gasteiger partial charge in [0.2, 0.25) is 0 Å². The Morgan fingerprint density at radius 1 is 1.29 bits per heavy atom. The van der Waals surface area contributed by atoms with Gasteiger partial charge in [0, 0.05) is 7.05 Å². The van der Waals surface area contributed by atoms with Gasteiger partial charge in [-0.1, -0.05) is 30.3 Å². The Morgan fingerprint density at radius 3 is 2.76 bits per heavy atom. The average Bonchev–Trinajstić information content (AvgIpc) is 2.39. The van der Waals surface area contributed by atoms with Crippen molar-refractivity contribution in [2.75, 3.05) is 12.4 Å². The molecule has 2 rings (SSSR count). The highest BCUT2D eigenvalue weighted by molar-refractivity contribution is 5.34. The molecule has 17 heavy (non-hydrogen) atoms. The zero-order chi connectivity index (χ0) is 12.1. The Labute approximate surface area is 98.5 Å². The number of anilines is 1. The van der Waals surface area contributed by atoms with Crippen LogP contribution in [0.4, 0.5) is 10.2 Å². The molecule has 0 aliphatic rings. The van der Waals surface area contributed by atoms with Crippen molar-refractivity contribution >= 4 is 5.82 Å². The monoisotopic (exact) mass is 233 g/mol. The molecule has 0 saturated heterocycles. The average molecular weight is 233 g/mol. The number of hydrogen-bond donors (Lipinski definition) is 1. The molecule has 5 heteroatoms. The Bertz CT molecular complexity index is 490. The molecule has 0 spiro atoms. The van der Waals surface area contributed by atoms with Gasteiger partial charge in [-0.2, -0.15) is 4.98 Å². The van der Waals surface area contributed by atoms with E-state index in [-0.39, 0.29) is 11.8 Å². The Morgan fingerprint density at radius 2 is 2.06 bits per heavy atom. The molecule has 0 bridgehead atoms. The molecule has 0 aliphatic heterocycles. The van der Waals surface area contributed by atoms with Crippen LogP contribution in [0, 0.1) is 5.82 Å². The summed E-state index contributed by atoms with van der Waals surface area (Å²) in [7, 11) is 1.59. The lowest BCUT2D eigenvalue weighted by molar-refractivity contribution is 0.280. The third-order valence-electron chi connectivity index (χ3n) is 2.17. The van der Waals surface area contributed by atoms with Gasteiger partial charge < -0.3 is 10.1 Å². The van der Waals surface area contributed by atoms with Crippen LogP contribution in [0.1, 0.15) is 5.56 Å². The van der Waals surface area contributed by atoms with Crippen LogP contribution < -0.4 is 10.1 Å². The lowest BCUT2D eigenvalue weighted by Gasteiger charge is -2.06. The quantitative estimate of drug-likeness (QED) is 0.879. The highest BCUT2D eigenvalue weighted by atomic mass is 19.1. The number of ether oxygens (including phenoxy) is 1. The molecule has 0 unspecified atom stereocenters. The standard InChI is InChI=1S/C12H12FN3O/c1-14-11-10(13)7-15-12(16-11)17-8-9-5-3-2-4-6-9/h2-7H,8H2,1H3,(H,14,15,16). The predicted molar refractivity (Wildman–Crippen MR) is 62.3 cm³/mol. The molecule has 88 valence electrons. The van der Waals surface area contributed by atoms with Crippen LogP contribution in [0.15, 0.2) is 36.5 Å². The summed E-state index contributed by atoms with van der Waals surface area (Å²) in [5.74, 6) is -0.373. The molecule has 1 aromatic carbocycles. The second-order valence-corrected chi connectivity index (χ2v) is 3.37. The van der Waals surface area contributed by atoms with Crippen LogP contribution in [0.3, 0.4) is 0 Å². The largest absolute Gasteiger partial charge is 0.459 e. The van der Waals surface area contributed by atoms with Gasteiger partial charge in [-0.15, -0.1) is 0 Å². The first-order chi connectivity index (χ1) is 8.29. The third-order valence-corrected chi connectivity index (χ3v) is 2.17. The highest BCUT2D eigenvalue weighted by Gasteiger charge is 2.05. The van der Waals surface area contributed by atoms with Crippen molar-refractivity contribution in [2.24, 2.45) is 0 Å². The molecule has 2 aromatic rings. The van der Waals surface area contributed by atoms with Gasteiger partial charge in [-0.25, -0.2) is 9.37 Å². The maximum atomic E-state index is 13.1. The number of aromatic nitrogens is 2.